The average molecular weight is 1040 g/mol. The molecule has 75 heavy (non-hydrogen) atoms. The van der Waals surface area contributed by atoms with Crippen molar-refractivity contribution in [3.8, 4) is 0 Å². The summed E-state index contributed by atoms with van der Waals surface area (Å²) in [5.41, 5.74) is 0. The highest BCUT2D eigenvalue weighted by molar-refractivity contribution is 5.89. The summed E-state index contributed by atoms with van der Waals surface area (Å²) >= 11 is 0. The summed E-state index contributed by atoms with van der Waals surface area (Å²) in [5.74, 6) is 2.37. The van der Waals surface area contributed by atoms with Gasteiger partial charge in [0.2, 0.25) is 17.3 Å². The Morgan fingerprint density at radius 2 is 0.893 bits per heavy atom. The highest BCUT2D eigenvalue weighted by Gasteiger charge is 2.12. The third kappa shape index (κ3) is 31.4. The second kappa shape index (κ2) is 40.1. The quantitative estimate of drug-likeness (QED) is 0.0795. The second-order valence-electron chi connectivity index (χ2n) is 13.9. The molecule has 0 bridgehead atoms. The summed E-state index contributed by atoms with van der Waals surface area (Å²) < 4.78 is 47.6. The third-order valence-corrected chi connectivity index (χ3v) is 8.08. The fourth-order valence-corrected chi connectivity index (χ4v) is 4.63. The van der Waals surface area contributed by atoms with Crippen LogP contribution in [0.3, 0.4) is 0 Å². The number of aldehydes is 2. The number of aliphatic hydroxyl groups excluding tert-OH is 2. The zero-order valence-corrected chi connectivity index (χ0v) is 41.7. The van der Waals surface area contributed by atoms with Crippen LogP contribution in [0, 0.1) is 20.8 Å². The topological polar surface area (TPSA) is 318 Å². The van der Waals surface area contributed by atoms with E-state index in [1.54, 1.807) is 61.6 Å². The van der Waals surface area contributed by atoms with Crippen LogP contribution in [0.15, 0.2) is 216 Å². The Morgan fingerprint density at radius 3 is 1.13 bits per heavy atom. The van der Waals surface area contributed by atoms with E-state index in [0.717, 1.165) is 60.2 Å². The predicted molar refractivity (Wildman–Crippen MR) is 268 cm³/mol. The van der Waals surface area contributed by atoms with Crippen LogP contribution in [0.5, 0.6) is 0 Å². The number of aromatic carboxylic acids is 3. The van der Waals surface area contributed by atoms with Crippen LogP contribution in [0.4, 0.5) is 0 Å². The smallest absolute Gasteiger partial charge is 0.371 e. The molecule has 10 heterocycles. The van der Waals surface area contributed by atoms with E-state index in [4.69, 9.17) is 52.0 Å². The van der Waals surface area contributed by atoms with Gasteiger partial charge in [-0.25, -0.2) is 14.4 Å². The van der Waals surface area contributed by atoms with E-state index in [0.29, 0.717) is 29.9 Å². The first-order valence-corrected chi connectivity index (χ1v) is 22.3. The van der Waals surface area contributed by atoms with Crippen molar-refractivity contribution in [1.82, 2.24) is 0 Å². The highest BCUT2D eigenvalue weighted by atomic mass is 16.4. The van der Waals surface area contributed by atoms with Crippen molar-refractivity contribution in [3.63, 3.8) is 0 Å². The summed E-state index contributed by atoms with van der Waals surface area (Å²) in [6.45, 7) is 9.84. The van der Waals surface area contributed by atoms with E-state index < -0.39 is 17.9 Å². The summed E-state index contributed by atoms with van der Waals surface area (Å²) in [7, 11) is 0. The van der Waals surface area contributed by atoms with Crippen molar-refractivity contribution < 1.29 is 93.7 Å². The van der Waals surface area contributed by atoms with Crippen LogP contribution >= 0.6 is 0 Å². The Kier molecular flexibility index (Phi) is 33.9. The molecule has 0 aliphatic rings. The van der Waals surface area contributed by atoms with Crippen molar-refractivity contribution in [2.75, 3.05) is 0 Å². The minimum absolute atomic E-state index is 0.00694. The first kappa shape index (κ1) is 63.5. The van der Waals surface area contributed by atoms with E-state index in [1.165, 1.54) is 37.0 Å². The third-order valence-electron chi connectivity index (χ3n) is 8.08. The van der Waals surface area contributed by atoms with E-state index in [1.807, 2.05) is 81.4 Å². The summed E-state index contributed by atoms with van der Waals surface area (Å²) in [5, 5.41) is 41.5. The van der Waals surface area contributed by atoms with Gasteiger partial charge in [0.15, 0.2) is 24.1 Å². The van der Waals surface area contributed by atoms with Gasteiger partial charge in [-0.05, 0) is 149 Å². The number of hydrogen-bond donors (Lipinski definition) is 5. The lowest BCUT2D eigenvalue weighted by Gasteiger charge is -1.85. The maximum absolute atomic E-state index is 10.2. The van der Waals surface area contributed by atoms with Gasteiger partial charge in [-0.15, -0.1) is 0 Å². The maximum atomic E-state index is 10.2. The molecule has 0 fully saturated rings. The van der Waals surface area contributed by atoms with Gasteiger partial charge in [0.05, 0.1) is 50.1 Å². The van der Waals surface area contributed by atoms with Gasteiger partial charge in [0.25, 0.3) is 0 Å². The van der Waals surface area contributed by atoms with Gasteiger partial charge >= 0.3 is 17.9 Å². The van der Waals surface area contributed by atoms with Crippen LogP contribution in [-0.2, 0) is 26.1 Å². The lowest BCUT2D eigenvalue weighted by atomic mass is 10.3. The summed E-state index contributed by atoms with van der Waals surface area (Å²) in [6.07, 6.45) is 17.1. The molecule has 10 aromatic rings. The van der Waals surface area contributed by atoms with Gasteiger partial charge in [-0.2, -0.15) is 0 Å². The van der Waals surface area contributed by atoms with Crippen molar-refractivity contribution in [1.29, 1.82) is 0 Å². The maximum Gasteiger partial charge on any atom is 0.371 e. The number of carboxylic acids is 3. The van der Waals surface area contributed by atoms with E-state index in [-0.39, 0.29) is 36.3 Å². The molecule has 0 unspecified atom stereocenters. The Bertz CT molecular complexity index is 2720. The molecule has 0 atom stereocenters. The van der Waals surface area contributed by atoms with Crippen molar-refractivity contribution in [3.05, 3.63) is 241 Å². The first-order valence-electron chi connectivity index (χ1n) is 22.3. The van der Waals surface area contributed by atoms with Crippen LogP contribution in [0.2, 0.25) is 0 Å². The van der Waals surface area contributed by atoms with Crippen LogP contribution in [-0.4, -0.2) is 56.0 Å². The SMILES string of the molecule is CCCc1ccco1.CCc1ccco1.Cc1ccc(C)o1.Cc1ccco1.O=C(O)c1ccc(C(=O)O)o1.O=C(O)c1ccco1.O=Cc1ccc(CO)o1.O=Cc1ccco1.OCc1ccco1.c1ccoc1. The molecule has 0 saturated carbocycles. The summed E-state index contributed by atoms with van der Waals surface area (Å²) in [4.78, 5) is 50.0. The van der Waals surface area contributed by atoms with Crippen molar-refractivity contribution >= 4 is 30.5 Å². The van der Waals surface area contributed by atoms with Crippen LogP contribution in [0.25, 0.3) is 0 Å². The number of furan rings is 10. The minimum Gasteiger partial charge on any atom is -0.475 e. The van der Waals surface area contributed by atoms with E-state index in [9.17, 15) is 24.0 Å². The van der Waals surface area contributed by atoms with E-state index >= 15 is 0 Å². The lowest BCUT2D eigenvalue weighted by Crippen LogP contribution is -1.94. The number of carbonyl (C=O) groups excluding carboxylic acids is 2. The number of rotatable bonds is 10. The number of carboxylic acid groups (broad SMARTS) is 3. The molecule has 10 rings (SSSR count). The Balaban J connectivity index is 0.000000419. The average Bonchev–Trinajstić information content (AvgIpc) is 4.25. The fraction of sp³-hybridized carbons (Fsp3) is 0.182. The van der Waals surface area contributed by atoms with Gasteiger partial charge < -0.3 is 69.7 Å². The molecule has 0 amide bonds. The molecule has 10 aromatic heterocycles. The zero-order chi connectivity index (χ0) is 55.5. The number of carbonyl (C=O) groups is 5. The van der Waals surface area contributed by atoms with Crippen LogP contribution < -0.4 is 0 Å². The molecule has 20 heteroatoms. The number of aliphatic hydroxyl groups is 2. The normalized spacial score (nSPS) is 9.16. The molecular formula is C55H60O20. The van der Waals surface area contributed by atoms with Gasteiger partial charge in [-0.3, -0.25) is 9.59 Å². The standard InChI is InChI=1S/C7H10O.C6H4O5.C6H6O3.2C6H8O.C5H4O3.C5H6O2.C5H4O2.C5H6O.C4H4O/c1-2-4-7-5-3-6-8-7;7-5(8)3-1-2-4(11-3)6(9)10;7-3-5-1-2-6(4-8)9-5;1-5-3-4-6(2)7-5;1-2-6-4-3-5-7-6;6-5(7)4-2-1-3-8-4;2*6-4-5-2-1-3-7-5;1-5-3-2-4-6-5;1-2-4-5-3-1/h3,5-6H,2,4H2,1H3;1-2H,(H,7,8)(H,9,10);1-3,8H,4H2;3-4H,1-2H3;3-5H,2H2,1H3;1-3H,(H,6,7);1-3,6H,4H2;1-4H;2-4H,1H3;1-4H. The molecule has 0 aromatic carbocycles. The zero-order valence-electron chi connectivity index (χ0n) is 41.7. The van der Waals surface area contributed by atoms with Crippen molar-refractivity contribution in [2.24, 2.45) is 0 Å². The Labute approximate surface area is 430 Å². The monoisotopic (exact) mass is 1040 g/mol. The molecule has 400 valence electrons. The molecule has 20 nitrogen and oxygen atoms in total. The largest absolute Gasteiger partial charge is 0.475 e. The molecular weight excluding hydrogens is 981 g/mol. The molecule has 0 saturated heterocycles. The molecule has 0 radical (unpaired) electrons. The first-order chi connectivity index (χ1) is 36.2. The second-order valence-corrected chi connectivity index (χ2v) is 13.9. The molecule has 5 N–H and O–H groups in total. The predicted octanol–water partition coefficient (Wildman–Crippen LogP) is 12.9. The van der Waals surface area contributed by atoms with Gasteiger partial charge in [-0.1, -0.05) is 13.8 Å². The van der Waals surface area contributed by atoms with Gasteiger partial charge in [0, 0.05) is 12.8 Å². The molecule has 0 spiro atoms. The van der Waals surface area contributed by atoms with Crippen LogP contribution in [0.1, 0.15) is 113 Å². The fourth-order valence-electron chi connectivity index (χ4n) is 4.63. The minimum atomic E-state index is -1.28. The summed E-state index contributed by atoms with van der Waals surface area (Å²) in [6, 6.07) is 34.1. The lowest BCUT2D eigenvalue weighted by molar-refractivity contribution is 0.0626. The van der Waals surface area contributed by atoms with Crippen molar-refractivity contribution in [2.45, 2.75) is 67.1 Å². The Morgan fingerprint density at radius 1 is 0.413 bits per heavy atom. The van der Waals surface area contributed by atoms with Gasteiger partial charge in [0.1, 0.15) is 53.5 Å². The Hall–Kier alpha value is -9.53. The van der Waals surface area contributed by atoms with E-state index in [2.05, 4.69) is 31.5 Å². The molecule has 0 aliphatic carbocycles. The number of aryl methyl sites for hydroxylation is 5. The number of hydrogen-bond acceptors (Lipinski definition) is 17. The highest BCUT2D eigenvalue weighted by Crippen LogP contribution is 2.08. The molecule has 0 aliphatic heterocycles.